The first kappa shape index (κ1) is 23.7. The second-order valence-electron chi connectivity index (χ2n) is 7.24. The maximum absolute atomic E-state index is 12.6. The van der Waals surface area contributed by atoms with Crippen molar-refractivity contribution in [1.82, 2.24) is 5.32 Å². The lowest BCUT2D eigenvalue weighted by Gasteiger charge is -2.27. The molecule has 0 saturated carbocycles. The average molecular weight is 444 g/mol. The van der Waals surface area contributed by atoms with E-state index < -0.39 is 12.1 Å². The lowest BCUT2D eigenvalue weighted by atomic mass is 9.94. The summed E-state index contributed by atoms with van der Waals surface area (Å²) in [5.41, 5.74) is 4.19. The van der Waals surface area contributed by atoms with Gasteiger partial charge in [-0.2, -0.15) is 0 Å². The van der Waals surface area contributed by atoms with Crippen molar-refractivity contribution in [3.63, 3.8) is 0 Å². The molecule has 1 unspecified atom stereocenters. The van der Waals surface area contributed by atoms with Crippen molar-refractivity contribution in [2.75, 3.05) is 33.1 Å². The summed E-state index contributed by atoms with van der Waals surface area (Å²) >= 11 is 0. The first-order chi connectivity index (χ1) is 15.6. The molecule has 0 bridgehead atoms. The summed E-state index contributed by atoms with van der Waals surface area (Å²) in [5.74, 6) is -0.304. The summed E-state index contributed by atoms with van der Waals surface area (Å²) in [6.45, 7) is 1.06. The van der Waals surface area contributed by atoms with Crippen molar-refractivity contribution < 1.29 is 33.3 Å². The molecule has 1 heterocycles. The number of amides is 2. The Labute approximate surface area is 186 Å². The fourth-order valence-electron chi connectivity index (χ4n) is 3.32. The predicted octanol–water partition coefficient (Wildman–Crippen LogP) is 2.72. The van der Waals surface area contributed by atoms with Gasteiger partial charge >= 0.3 is 6.09 Å². The number of ether oxygens (including phenoxy) is 5. The van der Waals surface area contributed by atoms with Gasteiger partial charge in [0.2, 0.25) is 5.91 Å². The van der Waals surface area contributed by atoms with Crippen molar-refractivity contribution in [2.45, 2.75) is 32.3 Å². The Kier molecular flexibility index (Phi) is 9.00. The highest BCUT2D eigenvalue weighted by Gasteiger charge is 2.29. The van der Waals surface area contributed by atoms with Crippen LogP contribution in [-0.2, 0) is 54.7 Å². The maximum Gasteiger partial charge on any atom is 0.408 e. The topological polar surface area (TPSA) is 104 Å². The highest BCUT2D eigenvalue weighted by Crippen LogP contribution is 2.28. The zero-order chi connectivity index (χ0) is 22.8. The molecule has 2 N–H and O–H groups in total. The fourth-order valence-corrected chi connectivity index (χ4v) is 3.32. The quantitative estimate of drug-likeness (QED) is 0.406. The number of alkyl carbamates (subject to hydrolysis) is 1. The standard InChI is InChI=1S/C23H28N2O7/c1-28-14-30-12-18-8-17-9-21(25-23(27)32-11-16-6-4-3-5-7-16)22(26)24-20(17)10-19(18)13-31-15-29-2/h3-8,10,21H,9,11-15H2,1-2H3,(H,24,26)(H,25,27). The minimum Gasteiger partial charge on any atom is -0.445 e. The molecule has 3 rings (SSSR count). The summed E-state index contributed by atoms with van der Waals surface area (Å²) in [6, 6.07) is 12.4. The van der Waals surface area contributed by atoms with Gasteiger partial charge in [0.1, 0.15) is 26.2 Å². The first-order valence-corrected chi connectivity index (χ1v) is 10.2. The van der Waals surface area contributed by atoms with E-state index in [1.807, 2.05) is 42.5 Å². The van der Waals surface area contributed by atoms with Gasteiger partial charge in [-0.3, -0.25) is 4.79 Å². The smallest absolute Gasteiger partial charge is 0.408 e. The van der Waals surface area contributed by atoms with E-state index in [0.29, 0.717) is 25.3 Å². The average Bonchev–Trinajstić information content (AvgIpc) is 2.80. The third-order valence-electron chi connectivity index (χ3n) is 4.85. The van der Waals surface area contributed by atoms with E-state index in [1.165, 1.54) is 0 Å². The number of hydrogen-bond donors (Lipinski definition) is 2. The van der Waals surface area contributed by atoms with E-state index in [9.17, 15) is 9.59 Å². The number of carbonyl (C=O) groups is 2. The molecule has 172 valence electrons. The number of hydrogen-bond acceptors (Lipinski definition) is 7. The van der Waals surface area contributed by atoms with Gasteiger partial charge in [0, 0.05) is 26.3 Å². The molecule has 2 amide bonds. The summed E-state index contributed by atoms with van der Waals surface area (Å²) in [7, 11) is 3.10. The van der Waals surface area contributed by atoms with Crippen LogP contribution in [0.15, 0.2) is 42.5 Å². The van der Waals surface area contributed by atoms with Crippen LogP contribution >= 0.6 is 0 Å². The second kappa shape index (κ2) is 12.2. The van der Waals surface area contributed by atoms with Crippen LogP contribution < -0.4 is 10.6 Å². The monoisotopic (exact) mass is 444 g/mol. The van der Waals surface area contributed by atoms with E-state index in [4.69, 9.17) is 23.7 Å². The van der Waals surface area contributed by atoms with Crippen LogP contribution in [0.3, 0.4) is 0 Å². The summed E-state index contributed by atoms with van der Waals surface area (Å²) in [4.78, 5) is 24.8. The Morgan fingerprint density at radius 2 is 1.66 bits per heavy atom. The van der Waals surface area contributed by atoms with Gasteiger partial charge in [-0.05, 0) is 28.3 Å². The molecule has 1 aliphatic heterocycles. The normalized spacial score (nSPS) is 15.1. The first-order valence-electron chi connectivity index (χ1n) is 10.2. The Bertz CT molecular complexity index is 905. The van der Waals surface area contributed by atoms with Crippen molar-refractivity contribution in [2.24, 2.45) is 0 Å². The molecule has 2 aromatic carbocycles. The third-order valence-corrected chi connectivity index (χ3v) is 4.85. The van der Waals surface area contributed by atoms with Gasteiger partial charge in [0.25, 0.3) is 0 Å². The Balaban J connectivity index is 1.66. The molecule has 0 fully saturated rings. The van der Waals surface area contributed by atoms with E-state index in [-0.39, 0.29) is 26.1 Å². The summed E-state index contributed by atoms with van der Waals surface area (Å²) < 4.78 is 26.1. The van der Waals surface area contributed by atoms with Crippen LogP contribution in [0.4, 0.5) is 10.5 Å². The van der Waals surface area contributed by atoms with Gasteiger partial charge in [0.15, 0.2) is 0 Å². The number of fused-ring (bicyclic) bond motifs is 1. The van der Waals surface area contributed by atoms with E-state index >= 15 is 0 Å². The van der Waals surface area contributed by atoms with Crippen molar-refractivity contribution in [3.05, 3.63) is 64.7 Å². The second-order valence-corrected chi connectivity index (χ2v) is 7.24. The molecule has 0 radical (unpaired) electrons. The molecular weight excluding hydrogens is 416 g/mol. The van der Waals surface area contributed by atoms with Gasteiger partial charge < -0.3 is 34.3 Å². The lowest BCUT2D eigenvalue weighted by molar-refractivity contribution is -0.118. The fraction of sp³-hybridized carbons (Fsp3) is 0.391. The molecule has 9 nitrogen and oxygen atoms in total. The number of anilines is 1. The molecule has 0 spiro atoms. The summed E-state index contributed by atoms with van der Waals surface area (Å²) in [6.07, 6.45) is -0.316. The predicted molar refractivity (Wildman–Crippen MR) is 116 cm³/mol. The molecule has 9 heteroatoms. The van der Waals surface area contributed by atoms with Gasteiger partial charge in [-0.25, -0.2) is 4.79 Å². The van der Waals surface area contributed by atoms with E-state index in [0.717, 1.165) is 22.3 Å². The SMILES string of the molecule is COCOCc1cc2c(cc1COCOC)NC(=O)C(NC(=O)OCc1ccccc1)C2. The molecule has 1 aliphatic rings. The van der Waals surface area contributed by atoms with Gasteiger partial charge in [0.05, 0.1) is 13.2 Å². The highest BCUT2D eigenvalue weighted by atomic mass is 16.7. The molecule has 1 atom stereocenters. The minimum absolute atomic E-state index is 0.128. The molecule has 0 saturated heterocycles. The lowest BCUT2D eigenvalue weighted by Crippen LogP contribution is -2.47. The Hall–Kier alpha value is -2.98. The van der Waals surface area contributed by atoms with Crippen LogP contribution in [-0.4, -0.2) is 45.8 Å². The zero-order valence-electron chi connectivity index (χ0n) is 18.2. The van der Waals surface area contributed by atoms with E-state index in [2.05, 4.69) is 10.6 Å². The van der Waals surface area contributed by atoms with Crippen LogP contribution in [0.1, 0.15) is 22.3 Å². The molecule has 0 aliphatic carbocycles. The minimum atomic E-state index is -0.742. The molecule has 0 aromatic heterocycles. The molecular formula is C23H28N2O7. The van der Waals surface area contributed by atoms with Crippen molar-refractivity contribution >= 4 is 17.7 Å². The van der Waals surface area contributed by atoms with Crippen LogP contribution in [0.25, 0.3) is 0 Å². The van der Waals surface area contributed by atoms with E-state index in [1.54, 1.807) is 14.2 Å². The number of rotatable bonds is 11. The van der Waals surface area contributed by atoms with Gasteiger partial charge in [-0.1, -0.05) is 36.4 Å². The highest BCUT2D eigenvalue weighted by molar-refractivity contribution is 5.99. The number of benzene rings is 2. The van der Waals surface area contributed by atoms with Crippen LogP contribution in [0, 0.1) is 0 Å². The van der Waals surface area contributed by atoms with Crippen molar-refractivity contribution in [3.8, 4) is 0 Å². The third kappa shape index (κ3) is 6.76. The van der Waals surface area contributed by atoms with Crippen LogP contribution in [0.5, 0.6) is 0 Å². The molecule has 2 aromatic rings. The van der Waals surface area contributed by atoms with Crippen LogP contribution in [0.2, 0.25) is 0 Å². The number of carbonyl (C=O) groups excluding carboxylic acids is 2. The largest absolute Gasteiger partial charge is 0.445 e. The van der Waals surface area contributed by atoms with Crippen molar-refractivity contribution in [1.29, 1.82) is 0 Å². The zero-order valence-corrected chi connectivity index (χ0v) is 18.2. The Morgan fingerprint density at radius 1 is 1.00 bits per heavy atom. The maximum atomic E-state index is 12.6. The number of methoxy groups -OCH3 is 2. The Morgan fingerprint density at radius 3 is 2.31 bits per heavy atom. The molecule has 32 heavy (non-hydrogen) atoms. The van der Waals surface area contributed by atoms with Gasteiger partial charge in [-0.15, -0.1) is 0 Å². The number of nitrogens with one attached hydrogen (secondary N) is 2. The summed E-state index contributed by atoms with van der Waals surface area (Å²) in [5, 5.41) is 5.50.